The third-order valence-corrected chi connectivity index (χ3v) is 3.13. The van der Waals surface area contributed by atoms with Crippen LogP contribution in [0, 0.1) is 0 Å². The first-order chi connectivity index (χ1) is 11.7. The molecule has 2 aromatic rings. The molecule has 2 aromatic carbocycles. The smallest absolute Gasteiger partial charge is 0.339 e. The maximum Gasteiger partial charge on any atom is 0.339 e. The van der Waals surface area contributed by atoms with Crippen LogP contribution >= 0.6 is 0 Å². The van der Waals surface area contributed by atoms with Gasteiger partial charge in [-0.3, -0.25) is 0 Å². The van der Waals surface area contributed by atoms with Crippen molar-refractivity contribution in [3.63, 3.8) is 0 Å². The zero-order valence-corrected chi connectivity index (χ0v) is 13.6. The Morgan fingerprint density at radius 1 is 0.750 bits per heavy atom. The summed E-state index contributed by atoms with van der Waals surface area (Å²) in [7, 11) is 0. The fraction of sp³-hybridized carbons (Fsp3) is 0.263. The summed E-state index contributed by atoms with van der Waals surface area (Å²) in [6.45, 7) is 2.54. The number of carbonyl (C=O) groups is 2. The molecule has 0 heterocycles. The zero-order valence-electron chi connectivity index (χ0n) is 13.6. The lowest BCUT2D eigenvalue weighted by Gasteiger charge is -2.10. The number of hydrogen-bond acceptors (Lipinski definition) is 5. The van der Waals surface area contributed by atoms with E-state index in [0.29, 0.717) is 12.4 Å². The molecule has 0 atom stereocenters. The van der Waals surface area contributed by atoms with Gasteiger partial charge in [-0.2, -0.15) is 0 Å². The number of rotatable bonds is 8. The van der Waals surface area contributed by atoms with Crippen molar-refractivity contribution in [3.8, 4) is 5.75 Å². The highest BCUT2D eigenvalue weighted by Crippen LogP contribution is 2.13. The Kier molecular flexibility index (Phi) is 6.83. The van der Waals surface area contributed by atoms with E-state index in [9.17, 15) is 9.59 Å². The quantitative estimate of drug-likeness (QED) is 0.548. The molecule has 0 N–H and O–H groups in total. The van der Waals surface area contributed by atoms with Gasteiger partial charge in [0.25, 0.3) is 0 Å². The molecule has 0 bridgehead atoms. The molecule has 0 saturated carbocycles. The summed E-state index contributed by atoms with van der Waals surface area (Å²) in [5, 5.41) is 0. The number of hydrogen-bond donors (Lipinski definition) is 0. The van der Waals surface area contributed by atoms with E-state index in [1.807, 2.05) is 37.3 Å². The van der Waals surface area contributed by atoms with Crippen molar-refractivity contribution in [2.24, 2.45) is 0 Å². The zero-order chi connectivity index (χ0) is 17.2. The van der Waals surface area contributed by atoms with Gasteiger partial charge in [0.1, 0.15) is 19.0 Å². The van der Waals surface area contributed by atoms with Gasteiger partial charge >= 0.3 is 11.9 Å². The molecule has 0 unspecified atom stereocenters. The van der Waals surface area contributed by atoms with E-state index in [-0.39, 0.29) is 24.3 Å². The molecule has 0 aromatic heterocycles. The van der Waals surface area contributed by atoms with Crippen molar-refractivity contribution in [3.05, 3.63) is 65.7 Å². The maximum atomic E-state index is 12.2. The van der Waals surface area contributed by atoms with Crippen molar-refractivity contribution in [2.75, 3.05) is 19.8 Å². The molecule has 0 radical (unpaired) electrons. The molecule has 2 rings (SSSR count). The van der Waals surface area contributed by atoms with E-state index in [2.05, 4.69) is 0 Å². The third-order valence-electron chi connectivity index (χ3n) is 3.13. The maximum absolute atomic E-state index is 12.2. The summed E-state index contributed by atoms with van der Waals surface area (Å²) in [6, 6.07) is 15.7. The molecule has 5 heteroatoms. The predicted molar refractivity (Wildman–Crippen MR) is 89.2 cm³/mol. The van der Waals surface area contributed by atoms with Gasteiger partial charge in [0.15, 0.2) is 0 Å². The van der Waals surface area contributed by atoms with Crippen LogP contribution in [0.3, 0.4) is 0 Å². The summed E-state index contributed by atoms with van der Waals surface area (Å²) in [4.78, 5) is 24.2. The number of para-hydroxylation sites is 1. The molecule has 24 heavy (non-hydrogen) atoms. The van der Waals surface area contributed by atoms with Gasteiger partial charge in [-0.15, -0.1) is 0 Å². The Bertz CT molecular complexity index is 666. The highest BCUT2D eigenvalue weighted by atomic mass is 16.6. The third kappa shape index (κ3) is 5.12. The van der Waals surface area contributed by atoms with Crippen LogP contribution in [0.2, 0.25) is 0 Å². The number of carbonyl (C=O) groups excluding carboxylic acids is 2. The van der Waals surface area contributed by atoms with Crippen LogP contribution < -0.4 is 4.74 Å². The van der Waals surface area contributed by atoms with Crippen LogP contribution in [0.4, 0.5) is 0 Å². The van der Waals surface area contributed by atoms with Gasteiger partial charge in [-0.1, -0.05) is 37.3 Å². The second-order valence-corrected chi connectivity index (χ2v) is 4.98. The minimum Gasteiger partial charge on any atom is -0.490 e. The first-order valence-corrected chi connectivity index (χ1v) is 7.83. The highest BCUT2D eigenvalue weighted by Gasteiger charge is 2.18. The van der Waals surface area contributed by atoms with Crippen LogP contribution in [0.25, 0.3) is 0 Å². The molecule has 0 amide bonds. The molecule has 0 spiro atoms. The fourth-order valence-corrected chi connectivity index (χ4v) is 2.00. The van der Waals surface area contributed by atoms with E-state index < -0.39 is 11.9 Å². The van der Waals surface area contributed by atoms with Crippen molar-refractivity contribution in [1.29, 1.82) is 0 Å². The molecule has 0 saturated heterocycles. The van der Waals surface area contributed by atoms with E-state index in [4.69, 9.17) is 14.2 Å². The van der Waals surface area contributed by atoms with Gasteiger partial charge in [0.05, 0.1) is 17.7 Å². The van der Waals surface area contributed by atoms with Gasteiger partial charge in [0, 0.05) is 0 Å². The fourth-order valence-electron chi connectivity index (χ4n) is 2.00. The van der Waals surface area contributed by atoms with Crippen molar-refractivity contribution in [1.82, 2.24) is 0 Å². The number of benzene rings is 2. The lowest BCUT2D eigenvalue weighted by Crippen LogP contribution is -2.16. The Morgan fingerprint density at radius 2 is 1.29 bits per heavy atom. The lowest BCUT2D eigenvalue weighted by atomic mass is 10.1. The van der Waals surface area contributed by atoms with Crippen LogP contribution in [0.5, 0.6) is 5.75 Å². The second-order valence-electron chi connectivity index (χ2n) is 4.98. The molecule has 5 nitrogen and oxygen atoms in total. The SMILES string of the molecule is CCCOC(=O)c1ccccc1C(=O)OCCOc1ccccc1. The molecule has 0 aliphatic heterocycles. The molecular formula is C19H20O5. The largest absolute Gasteiger partial charge is 0.490 e. The Balaban J connectivity index is 1.89. The summed E-state index contributed by atoms with van der Waals surface area (Å²) in [5.41, 5.74) is 0.401. The molecule has 0 fully saturated rings. The lowest BCUT2D eigenvalue weighted by molar-refractivity contribution is 0.0424. The van der Waals surface area contributed by atoms with Crippen LogP contribution in [-0.4, -0.2) is 31.8 Å². The Hall–Kier alpha value is -2.82. The van der Waals surface area contributed by atoms with Gasteiger partial charge in [-0.25, -0.2) is 9.59 Å². The van der Waals surface area contributed by atoms with E-state index in [0.717, 1.165) is 6.42 Å². The van der Waals surface area contributed by atoms with Crippen LogP contribution in [0.1, 0.15) is 34.1 Å². The minimum absolute atomic E-state index is 0.0894. The standard InChI is InChI=1S/C19H20O5/c1-2-12-23-18(20)16-10-6-7-11-17(16)19(21)24-14-13-22-15-8-4-3-5-9-15/h3-11H,2,12-14H2,1H3. The first-order valence-electron chi connectivity index (χ1n) is 7.83. The summed E-state index contributed by atoms with van der Waals surface area (Å²) in [5.74, 6) is -0.391. The Morgan fingerprint density at radius 3 is 1.88 bits per heavy atom. The summed E-state index contributed by atoms with van der Waals surface area (Å²) in [6.07, 6.45) is 0.717. The highest BCUT2D eigenvalue weighted by molar-refractivity contribution is 6.03. The van der Waals surface area contributed by atoms with Crippen LogP contribution in [-0.2, 0) is 9.47 Å². The van der Waals surface area contributed by atoms with Gasteiger partial charge in [-0.05, 0) is 30.7 Å². The van der Waals surface area contributed by atoms with Crippen LogP contribution in [0.15, 0.2) is 54.6 Å². The van der Waals surface area contributed by atoms with Gasteiger partial charge in [0.2, 0.25) is 0 Å². The molecular weight excluding hydrogens is 308 g/mol. The molecule has 0 aliphatic carbocycles. The van der Waals surface area contributed by atoms with Crippen molar-refractivity contribution < 1.29 is 23.8 Å². The predicted octanol–water partition coefficient (Wildman–Crippen LogP) is 3.49. The average Bonchev–Trinajstić information content (AvgIpc) is 2.64. The average molecular weight is 328 g/mol. The number of esters is 2. The van der Waals surface area contributed by atoms with E-state index >= 15 is 0 Å². The first kappa shape index (κ1) is 17.5. The van der Waals surface area contributed by atoms with Gasteiger partial charge < -0.3 is 14.2 Å². The normalized spacial score (nSPS) is 10.0. The minimum atomic E-state index is -0.573. The van der Waals surface area contributed by atoms with Crippen molar-refractivity contribution >= 4 is 11.9 Å². The second kappa shape index (κ2) is 9.35. The number of ether oxygens (including phenoxy) is 3. The van der Waals surface area contributed by atoms with E-state index in [1.54, 1.807) is 24.3 Å². The molecule has 126 valence electrons. The summed E-state index contributed by atoms with van der Waals surface area (Å²) < 4.78 is 15.7. The van der Waals surface area contributed by atoms with Crippen molar-refractivity contribution in [2.45, 2.75) is 13.3 Å². The summed E-state index contributed by atoms with van der Waals surface area (Å²) >= 11 is 0. The topological polar surface area (TPSA) is 61.8 Å². The van der Waals surface area contributed by atoms with E-state index in [1.165, 1.54) is 0 Å². The Labute approximate surface area is 141 Å². The molecule has 0 aliphatic rings. The monoisotopic (exact) mass is 328 g/mol.